The lowest BCUT2D eigenvalue weighted by Crippen LogP contribution is -2.13. The maximum Gasteiger partial charge on any atom is 0.354 e. The van der Waals surface area contributed by atoms with E-state index in [2.05, 4.69) is 14.5 Å². The normalized spacial score (nSPS) is 14.9. The van der Waals surface area contributed by atoms with E-state index in [1.165, 1.54) is 19.0 Å². The predicted octanol–water partition coefficient (Wildman–Crippen LogP) is 1.47. The summed E-state index contributed by atoms with van der Waals surface area (Å²) in [6.45, 7) is 2.31. The quantitative estimate of drug-likeness (QED) is 0.886. The molecule has 1 aliphatic carbocycles. The number of carboxylic acids is 1. The first kappa shape index (κ1) is 11.0. The van der Waals surface area contributed by atoms with Gasteiger partial charge in [0, 0.05) is 12.2 Å². The van der Waals surface area contributed by atoms with Crippen molar-refractivity contribution in [2.24, 2.45) is 0 Å². The number of imidazole rings is 2. The van der Waals surface area contributed by atoms with E-state index in [-0.39, 0.29) is 5.69 Å². The van der Waals surface area contributed by atoms with Gasteiger partial charge in [-0.25, -0.2) is 14.8 Å². The molecule has 6 heteroatoms. The van der Waals surface area contributed by atoms with E-state index < -0.39 is 5.97 Å². The Balaban J connectivity index is 1.94. The second-order valence-corrected chi connectivity index (χ2v) is 4.61. The van der Waals surface area contributed by atoms with Crippen LogP contribution in [0.25, 0.3) is 0 Å². The number of aromatic carboxylic acids is 1. The van der Waals surface area contributed by atoms with E-state index in [9.17, 15) is 4.79 Å². The standard InChI is InChI=1S/C12H14N4O2/c1-8-14-5-11(12(17)18)15(8)6-10-4-13-7-16(10)9-2-3-9/h4-5,7,9H,2-3,6H2,1H3,(H,17,18). The number of nitrogens with zero attached hydrogens (tertiary/aromatic N) is 4. The molecule has 2 heterocycles. The highest BCUT2D eigenvalue weighted by atomic mass is 16.4. The molecule has 94 valence electrons. The first-order chi connectivity index (χ1) is 8.66. The lowest BCUT2D eigenvalue weighted by Gasteiger charge is -2.10. The second kappa shape index (κ2) is 3.97. The van der Waals surface area contributed by atoms with E-state index in [1.807, 2.05) is 13.3 Å². The van der Waals surface area contributed by atoms with Gasteiger partial charge in [-0.05, 0) is 19.8 Å². The summed E-state index contributed by atoms with van der Waals surface area (Å²) in [6, 6.07) is 0.541. The highest BCUT2D eigenvalue weighted by Gasteiger charge is 2.25. The van der Waals surface area contributed by atoms with E-state index in [0.717, 1.165) is 5.69 Å². The SMILES string of the molecule is Cc1ncc(C(=O)O)n1Cc1cncn1C1CC1. The van der Waals surface area contributed by atoms with Crippen molar-refractivity contribution in [3.05, 3.63) is 35.9 Å². The van der Waals surface area contributed by atoms with Crippen LogP contribution in [0.2, 0.25) is 0 Å². The van der Waals surface area contributed by atoms with Gasteiger partial charge in [0.2, 0.25) is 0 Å². The Labute approximate surface area is 104 Å². The molecule has 18 heavy (non-hydrogen) atoms. The molecule has 0 amide bonds. The molecule has 0 saturated heterocycles. The van der Waals surface area contributed by atoms with Crippen LogP contribution >= 0.6 is 0 Å². The van der Waals surface area contributed by atoms with Crippen molar-refractivity contribution in [1.82, 2.24) is 19.1 Å². The van der Waals surface area contributed by atoms with Crippen molar-refractivity contribution < 1.29 is 9.90 Å². The third-order valence-corrected chi connectivity index (χ3v) is 3.28. The molecule has 1 fully saturated rings. The monoisotopic (exact) mass is 246 g/mol. The van der Waals surface area contributed by atoms with E-state index in [0.29, 0.717) is 18.4 Å². The van der Waals surface area contributed by atoms with Gasteiger partial charge in [-0.3, -0.25) is 0 Å². The topological polar surface area (TPSA) is 72.9 Å². The zero-order chi connectivity index (χ0) is 12.7. The molecule has 6 nitrogen and oxygen atoms in total. The Morgan fingerprint density at radius 1 is 1.50 bits per heavy atom. The summed E-state index contributed by atoms with van der Waals surface area (Å²) in [5.41, 5.74) is 1.25. The average Bonchev–Trinajstić information content (AvgIpc) is 2.96. The Hall–Kier alpha value is -2.11. The maximum absolute atomic E-state index is 11.1. The molecule has 1 N–H and O–H groups in total. The molecule has 2 aromatic rings. The Morgan fingerprint density at radius 3 is 2.94 bits per heavy atom. The Morgan fingerprint density at radius 2 is 2.28 bits per heavy atom. The van der Waals surface area contributed by atoms with Crippen LogP contribution in [0.15, 0.2) is 18.7 Å². The van der Waals surface area contributed by atoms with Gasteiger partial charge < -0.3 is 14.2 Å². The molecule has 2 aromatic heterocycles. The van der Waals surface area contributed by atoms with Crippen LogP contribution in [0.3, 0.4) is 0 Å². The van der Waals surface area contributed by atoms with Gasteiger partial charge in [0.1, 0.15) is 11.5 Å². The number of hydrogen-bond donors (Lipinski definition) is 1. The molecule has 0 aromatic carbocycles. The number of hydrogen-bond acceptors (Lipinski definition) is 3. The molecule has 0 atom stereocenters. The lowest BCUT2D eigenvalue weighted by molar-refractivity contribution is 0.0685. The summed E-state index contributed by atoms with van der Waals surface area (Å²) in [6.07, 6.45) is 7.37. The summed E-state index contributed by atoms with van der Waals surface area (Å²) in [5, 5.41) is 9.12. The fourth-order valence-electron chi connectivity index (χ4n) is 2.14. The average molecular weight is 246 g/mol. The van der Waals surface area contributed by atoms with Crippen molar-refractivity contribution in [2.45, 2.75) is 32.4 Å². The van der Waals surface area contributed by atoms with Crippen LogP contribution in [0.1, 0.15) is 40.9 Å². The van der Waals surface area contributed by atoms with Crippen LogP contribution < -0.4 is 0 Å². The van der Waals surface area contributed by atoms with Gasteiger partial charge in [0.25, 0.3) is 0 Å². The van der Waals surface area contributed by atoms with Gasteiger partial charge in [0.05, 0.1) is 24.8 Å². The van der Waals surface area contributed by atoms with Crippen molar-refractivity contribution in [2.75, 3.05) is 0 Å². The number of aryl methyl sites for hydroxylation is 1. The predicted molar refractivity (Wildman–Crippen MR) is 63.5 cm³/mol. The molecule has 0 aliphatic heterocycles. The summed E-state index contributed by atoms with van der Waals surface area (Å²) in [4.78, 5) is 19.3. The van der Waals surface area contributed by atoms with E-state index in [1.54, 1.807) is 10.8 Å². The first-order valence-corrected chi connectivity index (χ1v) is 5.93. The third-order valence-electron chi connectivity index (χ3n) is 3.28. The lowest BCUT2D eigenvalue weighted by atomic mass is 10.4. The number of carbonyl (C=O) groups is 1. The van der Waals surface area contributed by atoms with Crippen LogP contribution in [-0.2, 0) is 6.54 Å². The molecule has 0 radical (unpaired) electrons. The van der Waals surface area contributed by atoms with Crippen molar-refractivity contribution in [3.63, 3.8) is 0 Å². The highest BCUT2D eigenvalue weighted by molar-refractivity contribution is 5.85. The molecule has 0 spiro atoms. The van der Waals surface area contributed by atoms with Crippen molar-refractivity contribution in [3.8, 4) is 0 Å². The van der Waals surface area contributed by atoms with Crippen molar-refractivity contribution in [1.29, 1.82) is 0 Å². The highest BCUT2D eigenvalue weighted by Crippen LogP contribution is 2.35. The molecule has 1 saturated carbocycles. The summed E-state index contributed by atoms with van der Waals surface area (Å²) in [7, 11) is 0. The minimum absolute atomic E-state index is 0.219. The molecule has 1 aliphatic rings. The third kappa shape index (κ3) is 1.79. The van der Waals surface area contributed by atoms with Gasteiger partial charge in [-0.1, -0.05) is 0 Å². The van der Waals surface area contributed by atoms with Gasteiger partial charge in [0.15, 0.2) is 0 Å². The summed E-state index contributed by atoms with van der Waals surface area (Å²) < 4.78 is 3.84. The Kier molecular flexibility index (Phi) is 2.43. The van der Waals surface area contributed by atoms with E-state index in [4.69, 9.17) is 5.11 Å². The smallest absolute Gasteiger partial charge is 0.354 e. The van der Waals surface area contributed by atoms with E-state index >= 15 is 0 Å². The minimum atomic E-state index is -0.951. The van der Waals surface area contributed by atoms with Gasteiger partial charge >= 0.3 is 5.97 Å². The fourth-order valence-corrected chi connectivity index (χ4v) is 2.14. The zero-order valence-electron chi connectivity index (χ0n) is 10.1. The molecular weight excluding hydrogens is 232 g/mol. The summed E-state index contributed by atoms with van der Waals surface area (Å²) >= 11 is 0. The second-order valence-electron chi connectivity index (χ2n) is 4.61. The summed E-state index contributed by atoms with van der Waals surface area (Å²) in [5.74, 6) is -0.246. The van der Waals surface area contributed by atoms with Crippen LogP contribution in [0.4, 0.5) is 0 Å². The van der Waals surface area contributed by atoms with Gasteiger partial charge in [-0.15, -0.1) is 0 Å². The van der Waals surface area contributed by atoms with Crippen molar-refractivity contribution >= 4 is 5.97 Å². The first-order valence-electron chi connectivity index (χ1n) is 5.93. The largest absolute Gasteiger partial charge is 0.477 e. The number of rotatable bonds is 4. The zero-order valence-corrected chi connectivity index (χ0v) is 10.1. The van der Waals surface area contributed by atoms with Crippen LogP contribution in [0.5, 0.6) is 0 Å². The molecular formula is C12H14N4O2. The molecule has 3 rings (SSSR count). The minimum Gasteiger partial charge on any atom is -0.477 e. The number of carboxylic acid groups (broad SMARTS) is 1. The fraction of sp³-hybridized carbons (Fsp3) is 0.417. The van der Waals surface area contributed by atoms with Gasteiger partial charge in [-0.2, -0.15) is 0 Å². The molecule has 0 bridgehead atoms. The Bertz CT molecular complexity index is 595. The molecule has 0 unspecified atom stereocenters. The number of aromatic nitrogens is 4. The van der Waals surface area contributed by atoms with Crippen LogP contribution in [0, 0.1) is 6.92 Å². The van der Waals surface area contributed by atoms with Crippen LogP contribution in [-0.4, -0.2) is 30.2 Å². The maximum atomic E-state index is 11.1.